The lowest BCUT2D eigenvalue weighted by molar-refractivity contribution is 0.116. The molecule has 0 saturated carbocycles. The highest BCUT2D eigenvalue weighted by Crippen LogP contribution is 2.12. The first-order valence-corrected chi connectivity index (χ1v) is 7.01. The standard InChI is InChI=1S/C12H20N2OS/c1-2-6-14-11(4-1)5-3-7-15-9-12-8-13-10-16-12/h8,10-11,14H,1-7,9H2. The lowest BCUT2D eigenvalue weighted by Crippen LogP contribution is -2.33. The molecule has 1 aliphatic rings. The second-order valence-electron chi connectivity index (χ2n) is 4.31. The van der Waals surface area contributed by atoms with E-state index in [9.17, 15) is 0 Å². The maximum atomic E-state index is 5.61. The van der Waals surface area contributed by atoms with Gasteiger partial charge in [-0.25, -0.2) is 0 Å². The molecule has 1 fully saturated rings. The van der Waals surface area contributed by atoms with Crippen molar-refractivity contribution in [2.75, 3.05) is 13.2 Å². The summed E-state index contributed by atoms with van der Waals surface area (Å²) in [6.45, 7) is 2.80. The van der Waals surface area contributed by atoms with Gasteiger partial charge in [0.1, 0.15) is 0 Å². The van der Waals surface area contributed by atoms with Crippen LogP contribution in [0.1, 0.15) is 37.0 Å². The first-order valence-electron chi connectivity index (χ1n) is 6.13. The smallest absolute Gasteiger partial charge is 0.0825 e. The van der Waals surface area contributed by atoms with Crippen molar-refractivity contribution in [1.29, 1.82) is 0 Å². The van der Waals surface area contributed by atoms with E-state index in [4.69, 9.17) is 4.74 Å². The number of ether oxygens (including phenoxy) is 1. The molecule has 0 radical (unpaired) electrons. The van der Waals surface area contributed by atoms with Gasteiger partial charge in [-0.1, -0.05) is 6.42 Å². The highest BCUT2D eigenvalue weighted by molar-refractivity contribution is 7.09. The fourth-order valence-corrected chi connectivity index (χ4v) is 2.62. The lowest BCUT2D eigenvalue weighted by Gasteiger charge is -2.23. The van der Waals surface area contributed by atoms with Crippen molar-refractivity contribution in [3.05, 3.63) is 16.6 Å². The summed E-state index contributed by atoms with van der Waals surface area (Å²) in [4.78, 5) is 5.24. The zero-order valence-corrected chi connectivity index (χ0v) is 10.5. The van der Waals surface area contributed by atoms with Crippen LogP contribution in [0.2, 0.25) is 0 Å². The molecule has 1 aliphatic heterocycles. The quantitative estimate of drug-likeness (QED) is 0.776. The average molecular weight is 240 g/mol. The normalized spacial score (nSPS) is 21.1. The largest absolute Gasteiger partial charge is 0.376 e. The van der Waals surface area contributed by atoms with E-state index in [1.54, 1.807) is 11.3 Å². The number of aromatic nitrogens is 1. The van der Waals surface area contributed by atoms with Crippen LogP contribution in [0.15, 0.2) is 11.7 Å². The molecule has 1 saturated heterocycles. The SMILES string of the molecule is c1ncc(COCCCC2CCCCN2)s1. The topological polar surface area (TPSA) is 34.1 Å². The molecule has 1 N–H and O–H groups in total. The third-order valence-corrected chi connectivity index (χ3v) is 3.73. The molecular formula is C12H20N2OS. The van der Waals surface area contributed by atoms with E-state index >= 15 is 0 Å². The van der Waals surface area contributed by atoms with Crippen LogP contribution in [0.4, 0.5) is 0 Å². The Morgan fingerprint density at radius 2 is 2.50 bits per heavy atom. The van der Waals surface area contributed by atoms with Gasteiger partial charge in [0.15, 0.2) is 0 Å². The summed E-state index contributed by atoms with van der Waals surface area (Å²) in [6.07, 6.45) is 8.37. The molecule has 0 aromatic carbocycles. The van der Waals surface area contributed by atoms with Crippen molar-refractivity contribution in [2.24, 2.45) is 0 Å². The zero-order chi connectivity index (χ0) is 11.1. The van der Waals surface area contributed by atoms with Crippen LogP contribution in [0.3, 0.4) is 0 Å². The summed E-state index contributed by atoms with van der Waals surface area (Å²) in [7, 11) is 0. The van der Waals surface area contributed by atoms with Crippen LogP contribution >= 0.6 is 11.3 Å². The number of hydrogen-bond acceptors (Lipinski definition) is 4. The Hall–Kier alpha value is -0.450. The van der Waals surface area contributed by atoms with Crippen LogP contribution in [-0.2, 0) is 11.3 Å². The second-order valence-corrected chi connectivity index (χ2v) is 5.28. The van der Waals surface area contributed by atoms with Gasteiger partial charge in [-0.2, -0.15) is 0 Å². The van der Waals surface area contributed by atoms with E-state index in [0.29, 0.717) is 0 Å². The number of nitrogens with zero attached hydrogens (tertiary/aromatic N) is 1. The number of hydrogen-bond donors (Lipinski definition) is 1. The minimum absolute atomic E-state index is 0.725. The van der Waals surface area contributed by atoms with Gasteiger partial charge in [-0.15, -0.1) is 11.3 Å². The highest BCUT2D eigenvalue weighted by atomic mass is 32.1. The summed E-state index contributed by atoms with van der Waals surface area (Å²) in [5, 5.41) is 3.56. The monoisotopic (exact) mass is 240 g/mol. The van der Waals surface area contributed by atoms with Crippen molar-refractivity contribution in [1.82, 2.24) is 10.3 Å². The van der Waals surface area contributed by atoms with Gasteiger partial charge in [-0.3, -0.25) is 4.98 Å². The van der Waals surface area contributed by atoms with Crippen molar-refractivity contribution in [3.63, 3.8) is 0 Å². The second kappa shape index (κ2) is 6.99. The first kappa shape index (κ1) is 12.0. The number of rotatable bonds is 6. The number of nitrogens with one attached hydrogen (secondary N) is 1. The van der Waals surface area contributed by atoms with Crippen LogP contribution in [0, 0.1) is 0 Å². The van der Waals surface area contributed by atoms with Crippen LogP contribution in [0.5, 0.6) is 0 Å². The van der Waals surface area contributed by atoms with E-state index in [0.717, 1.165) is 25.7 Å². The van der Waals surface area contributed by atoms with Crippen molar-refractivity contribution in [2.45, 2.75) is 44.8 Å². The van der Waals surface area contributed by atoms with Gasteiger partial charge in [-0.05, 0) is 32.2 Å². The molecule has 2 heterocycles. The highest BCUT2D eigenvalue weighted by Gasteiger charge is 2.11. The van der Waals surface area contributed by atoms with E-state index < -0.39 is 0 Å². The minimum atomic E-state index is 0.725. The Kier molecular flexibility index (Phi) is 5.25. The molecular weight excluding hydrogens is 220 g/mol. The molecule has 2 rings (SSSR count). The predicted octanol–water partition coefficient (Wildman–Crippen LogP) is 2.58. The summed E-state index contributed by atoms with van der Waals surface area (Å²) in [5.41, 5.74) is 1.85. The minimum Gasteiger partial charge on any atom is -0.376 e. The van der Waals surface area contributed by atoms with Gasteiger partial charge in [0.25, 0.3) is 0 Å². The van der Waals surface area contributed by atoms with Gasteiger partial charge in [0.05, 0.1) is 17.0 Å². The van der Waals surface area contributed by atoms with Gasteiger partial charge >= 0.3 is 0 Å². The Morgan fingerprint density at radius 3 is 3.25 bits per heavy atom. The van der Waals surface area contributed by atoms with Crippen LogP contribution < -0.4 is 5.32 Å². The molecule has 16 heavy (non-hydrogen) atoms. The number of thiazole rings is 1. The predicted molar refractivity (Wildman–Crippen MR) is 66.6 cm³/mol. The van der Waals surface area contributed by atoms with Crippen molar-refractivity contribution in [3.8, 4) is 0 Å². The van der Waals surface area contributed by atoms with Gasteiger partial charge < -0.3 is 10.1 Å². The summed E-state index contributed by atoms with van der Waals surface area (Å²) in [6, 6.07) is 0.737. The molecule has 3 nitrogen and oxygen atoms in total. The van der Waals surface area contributed by atoms with E-state index in [1.807, 2.05) is 11.7 Å². The maximum Gasteiger partial charge on any atom is 0.0825 e. The molecule has 0 spiro atoms. The fraction of sp³-hybridized carbons (Fsp3) is 0.750. The summed E-state index contributed by atoms with van der Waals surface area (Å²) >= 11 is 1.66. The zero-order valence-electron chi connectivity index (χ0n) is 9.65. The first-order chi connectivity index (χ1) is 7.95. The Bertz CT molecular complexity index is 271. The Balaban J connectivity index is 1.48. The van der Waals surface area contributed by atoms with Crippen LogP contribution in [0.25, 0.3) is 0 Å². The molecule has 1 aromatic rings. The molecule has 1 unspecified atom stereocenters. The lowest BCUT2D eigenvalue weighted by atomic mass is 10.0. The van der Waals surface area contributed by atoms with Gasteiger partial charge in [0.2, 0.25) is 0 Å². The number of piperidine rings is 1. The Morgan fingerprint density at radius 1 is 1.50 bits per heavy atom. The molecule has 0 aliphatic carbocycles. The molecule has 4 heteroatoms. The fourth-order valence-electron chi connectivity index (χ4n) is 2.09. The molecule has 1 aromatic heterocycles. The molecule has 90 valence electrons. The van der Waals surface area contributed by atoms with Crippen molar-refractivity contribution < 1.29 is 4.74 Å². The molecule has 0 amide bonds. The van der Waals surface area contributed by atoms with E-state index in [-0.39, 0.29) is 0 Å². The third kappa shape index (κ3) is 4.20. The van der Waals surface area contributed by atoms with E-state index in [2.05, 4.69) is 10.3 Å². The van der Waals surface area contributed by atoms with E-state index in [1.165, 1.54) is 37.1 Å². The van der Waals surface area contributed by atoms with Crippen molar-refractivity contribution >= 4 is 11.3 Å². The van der Waals surface area contributed by atoms with Crippen LogP contribution in [-0.4, -0.2) is 24.2 Å². The van der Waals surface area contributed by atoms with Gasteiger partial charge in [0, 0.05) is 18.8 Å². The average Bonchev–Trinajstić information content (AvgIpc) is 2.83. The maximum absolute atomic E-state index is 5.61. The summed E-state index contributed by atoms with van der Waals surface area (Å²) in [5.74, 6) is 0. The molecule has 0 bridgehead atoms. The molecule has 1 atom stereocenters. The Labute approximate surface area is 101 Å². The summed E-state index contributed by atoms with van der Waals surface area (Å²) < 4.78 is 5.61. The third-order valence-electron chi connectivity index (χ3n) is 2.98.